The molecule has 20 heavy (non-hydrogen) atoms. The molecule has 0 aliphatic heterocycles. The molecular formula is C15H14Cl2FNO. The normalized spacial score (nSPS) is 10.4. The van der Waals surface area contributed by atoms with E-state index in [1.54, 1.807) is 24.3 Å². The molecule has 0 aliphatic rings. The van der Waals surface area contributed by atoms with Gasteiger partial charge in [0.1, 0.15) is 11.6 Å². The van der Waals surface area contributed by atoms with Crippen molar-refractivity contribution < 1.29 is 9.13 Å². The Hall–Kier alpha value is -1.45. The molecular weight excluding hydrogens is 300 g/mol. The highest BCUT2D eigenvalue weighted by Gasteiger charge is 2.07. The maximum atomic E-state index is 13.6. The van der Waals surface area contributed by atoms with E-state index in [0.29, 0.717) is 34.5 Å². The highest BCUT2D eigenvalue weighted by atomic mass is 35.5. The van der Waals surface area contributed by atoms with Crippen molar-refractivity contribution in [2.24, 2.45) is 0 Å². The minimum atomic E-state index is -0.304. The van der Waals surface area contributed by atoms with E-state index >= 15 is 0 Å². The Kier molecular flexibility index (Phi) is 5.10. The first-order chi connectivity index (χ1) is 9.60. The van der Waals surface area contributed by atoms with Crippen molar-refractivity contribution in [3.8, 4) is 5.75 Å². The number of ether oxygens (including phenoxy) is 1. The Morgan fingerprint density at radius 1 is 1.10 bits per heavy atom. The summed E-state index contributed by atoms with van der Waals surface area (Å²) in [5, 5.41) is 4.20. The third-order valence-corrected chi connectivity index (χ3v) is 3.19. The lowest BCUT2D eigenvalue weighted by atomic mass is 10.2. The van der Waals surface area contributed by atoms with Gasteiger partial charge < -0.3 is 10.1 Å². The first-order valence-corrected chi connectivity index (χ1v) is 6.96. The molecule has 0 amide bonds. The Bertz CT molecular complexity index is 604. The van der Waals surface area contributed by atoms with Crippen LogP contribution in [0.4, 0.5) is 10.1 Å². The quantitative estimate of drug-likeness (QED) is 0.824. The van der Waals surface area contributed by atoms with Crippen LogP contribution in [0, 0.1) is 5.82 Å². The third-order valence-electron chi connectivity index (χ3n) is 2.72. The molecule has 0 heterocycles. The Labute approximate surface area is 127 Å². The van der Waals surface area contributed by atoms with Crippen molar-refractivity contribution in [1.82, 2.24) is 0 Å². The molecule has 2 aromatic rings. The molecule has 2 nitrogen and oxygen atoms in total. The van der Waals surface area contributed by atoms with Crippen molar-refractivity contribution >= 4 is 28.9 Å². The molecule has 0 aliphatic carbocycles. The van der Waals surface area contributed by atoms with Gasteiger partial charge in [0.05, 0.1) is 12.3 Å². The fourth-order valence-corrected chi connectivity index (χ4v) is 2.16. The van der Waals surface area contributed by atoms with Crippen LogP contribution in [-0.4, -0.2) is 6.61 Å². The van der Waals surface area contributed by atoms with Gasteiger partial charge in [0.25, 0.3) is 0 Å². The lowest BCUT2D eigenvalue weighted by Crippen LogP contribution is -2.04. The van der Waals surface area contributed by atoms with E-state index in [1.165, 1.54) is 12.1 Å². The summed E-state index contributed by atoms with van der Waals surface area (Å²) in [5.41, 5.74) is 1.21. The van der Waals surface area contributed by atoms with Gasteiger partial charge in [-0.05, 0) is 43.3 Å². The van der Waals surface area contributed by atoms with Crippen molar-refractivity contribution in [2.75, 3.05) is 11.9 Å². The van der Waals surface area contributed by atoms with E-state index in [2.05, 4.69) is 5.32 Å². The van der Waals surface area contributed by atoms with E-state index in [9.17, 15) is 4.39 Å². The summed E-state index contributed by atoms with van der Waals surface area (Å²) in [6.45, 7) is 2.74. The van der Waals surface area contributed by atoms with Crippen molar-refractivity contribution in [2.45, 2.75) is 13.5 Å². The largest absolute Gasteiger partial charge is 0.492 e. The number of benzene rings is 2. The summed E-state index contributed by atoms with van der Waals surface area (Å²) in [6.07, 6.45) is 0. The minimum Gasteiger partial charge on any atom is -0.492 e. The smallest absolute Gasteiger partial charge is 0.142 e. The Morgan fingerprint density at radius 2 is 1.80 bits per heavy atom. The van der Waals surface area contributed by atoms with E-state index in [4.69, 9.17) is 27.9 Å². The van der Waals surface area contributed by atoms with Crippen LogP contribution in [0.25, 0.3) is 0 Å². The van der Waals surface area contributed by atoms with Gasteiger partial charge in [-0.2, -0.15) is 0 Å². The van der Waals surface area contributed by atoms with Crippen LogP contribution in [0.3, 0.4) is 0 Å². The molecule has 0 bridgehead atoms. The van der Waals surface area contributed by atoms with Crippen LogP contribution in [0.15, 0.2) is 36.4 Å². The minimum absolute atomic E-state index is 0.298. The van der Waals surface area contributed by atoms with Crippen LogP contribution >= 0.6 is 23.2 Å². The number of rotatable bonds is 5. The number of hydrogen-bond donors (Lipinski definition) is 1. The average Bonchev–Trinajstić information content (AvgIpc) is 2.42. The molecule has 0 saturated heterocycles. The highest BCUT2D eigenvalue weighted by Crippen LogP contribution is 2.29. The van der Waals surface area contributed by atoms with Crippen LogP contribution < -0.4 is 10.1 Å². The predicted molar refractivity (Wildman–Crippen MR) is 81.4 cm³/mol. The average molecular weight is 314 g/mol. The molecule has 0 fully saturated rings. The summed E-state index contributed by atoms with van der Waals surface area (Å²) >= 11 is 11.8. The molecule has 0 aromatic heterocycles. The molecule has 1 N–H and O–H groups in total. The number of nitrogens with one attached hydrogen (secondary N) is 1. The predicted octanol–water partition coefficient (Wildman–Crippen LogP) is 5.14. The van der Waals surface area contributed by atoms with Crippen LogP contribution in [0.2, 0.25) is 10.0 Å². The summed E-state index contributed by atoms with van der Waals surface area (Å²) in [6, 6.07) is 9.73. The summed E-state index contributed by atoms with van der Waals surface area (Å²) < 4.78 is 19.1. The number of anilines is 1. The molecule has 2 aromatic carbocycles. The van der Waals surface area contributed by atoms with E-state index in [-0.39, 0.29) is 5.82 Å². The second-order valence-corrected chi connectivity index (χ2v) is 5.04. The van der Waals surface area contributed by atoms with Gasteiger partial charge >= 0.3 is 0 Å². The molecule has 0 saturated carbocycles. The zero-order valence-electron chi connectivity index (χ0n) is 10.9. The van der Waals surface area contributed by atoms with Crippen LogP contribution in [-0.2, 0) is 6.54 Å². The first-order valence-electron chi connectivity index (χ1n) is 6.20. The van der Waals surface area contributed by atoms with Gasteiger partial charge in [0.15, 0.2) is 0 Å². The third kappa shape index (κ3) is 3.78. The lowest BCUT2D eigenvalue weighted by molar-refractivity contribution is 0.341. The topological polar surface area (TPSA) is 21.3 Å². The SMILES string of the molecule is CCOc1ccc(Cl)cc1NCc1cc(Cl)ccc1F. The van der Waals surface area contributed by atoms with E-state index in [1.807, 2.05) is 6.92 Å². The molecule has 0 radical (unpaired) electrons. The Balaban J connectivity index is 2.17. The highest BCUT2D eigenvalue weighted by molar-refractivity contribution is 6.31. The maximum Gasteiger partial charge on any atom is 0.142 e. The molecule has 0 atom stereocenters. The van der Waals surface area contributed by atoms with Gasteiger partial charge in [-0.3, -0.25) is 0 Å². The second kappa shape index (κ2) is 6.82. The molecule has 106 valence electrons. The van der Waals surface area contributed by atoms with Crippen LogP contribution in [0.1, 0.15) is 12.5 Å². The molecule has 0 spiro atoms. The van der Waals surface area contributed by atoms with Crippen molar-refractivity contribution in [3.05, 3.63) is 57.8 Å². The van der Waals surface area contributed by atoms with Gasteiger partial charge in [-0.15, -0.1) is 0 Å². The van der Waals surface area contributed by atoms with Gasteiger partial charge in [0.2, 0.25) is 0 Å². The van der Waals surface area contributed by atoms with Crippen molar-refractivity contribution in [1.29, 1.82) is 0 Å². The van der Waals surface area contributed by atoms with Gasteiger partial charge in [-0.1, -0.05) is 23.2 Å². The zero-order valence-corrected chi connectivity index (χ0v) is 12.4. The number of hydrogen-bond acceptors (Lipinski definition) is 2. The van der Waals surface area contributed by atoms with Gasteiger partial charge in [-0.25, -0.2) is 4.39 Å². The van der Waals surface area contributed by atoms with E-state index < -0.39 is 0 Å². The van der Waals surface area contributed by atoms with E-state index in [0.717, 1.165) is 5.69 Å². The molecule has 5 heteroatoms. The maximum absolute atomic E-state index is 13.6. The molecule has 2 rings (SSSR count). The van der Waals surface area contributed by atoms with Gasteiger partial charge in [0, 0.05) is 22.2 Å². The summed E-state index contributed by atoms with van der Waals surface area (Å²) in [7, 11) is 0. The molecule has 0 unspecified atom stereocenters. The van der Waals surface area contributed by atoms with Crippen LogP contribution in [0.5, 0.6) is 5.75 Å². The fourth-order valence-electron chi connectivity index (χ4n) is 1.79. The first kappa shape index (κ1) is 14.9. The summed E-state index contributed by atoms with van der Waals surface area (Å²) in [5.74, 6) is 0.376. The monoisotopic (exact) mass is 313 g/mol. The lowest BCUT2D eigenvalue weighted by Gasteiger charge is -2.13. The standard InChI is InChI=1S/C15H14Cl2FNO/c1-2-20-15-6-4-12(17)8-14(15)19-9-10-7-11(16)3-5-13(10)18/h3-8,19H,2,9H2,1H3. The fraction of sp³-hybridized carbons (Fsp3) is 0.200. The number of halogens is 3. The Morgan fingerprint density at radius 3 is 2.55 bits per heavy atom. The van der Waals surface area contributed by atoms with Crippen molar-refractivity contribution in [3.63, 3.8) is 0 Å². The second-order valence-electron chi connectivity index (χ2n) is 4.16. The summed E-state index contributed by atoms with van der Waals surface area (Å²) in [4.78, 5) is 0. The zero-order chi connectivity index (χ0) is 14.5.